The van der Waals surface area contributed by atoms with Crippen LogP contribution in [0.2, 0.25) is 0 Å². The van der Waals surface area contributed by atoms with Crippen LogP contribution in [0.25, 0.3) is 0 Å². The molecule has 3 rings (SSSR count). The van der Waals surface area contributed by atoms with Crippen molar-refractivity contribution in [3.8, 4) is 11.5 Å². The monoisotopic (exact) mass is 438 g/mol. The normalized spacial score (nSPS) is 14.1. The van der Waals surface area contributed by atoms with Gasteiger partial charge < -0.3 is 27.2 Å². The first-order valence-corrected chi connectivity index (χ1v) is 9.91. The number of hydrogen-bond acceptors (Lipinski definition) is 3. The molecular formula is C21H26BrClNO2-. The minimum Gasteiger partial charge on any atom is -1.00 e. The number of hydrogen-bond donors (Lipinski definition) is 1. The largest absolute Gasteiger partial charge is 1.00 e. The van der Waals surface area contributed by atoms with Crippen molar-refractivity contribution in [3.05, 3.63) is 58.1 Å². The van der Waals surface area contributed by atoms with Crippen LogP contribution in [0.1, 0.15) is 43.7 Å². The van der Waals surface area contributed by atoms with Gasteiger partial charge in [0.2, 0.25) is 0 Å². The molecular weight excluding hydrogens is 414 g/mol. The molecule has 0 bridgehead atoms. The van der Waals surface area contributed by atoms with Gasteiger partial charge in [0.1, 0.15) is 6.61 Å². The zero-order chi connectivity index (χ0) is 17.5. The molecule has 26 heavy (non-hydrogen) atoms. The molecule has 3 nitrogen and oxygen atoms in total. The summed E-state index contributed by atoms with van der Waals surface area (Å²) in [6.07, 6.45) is 5.27. The Kier molecular flexibility index (Phi) is 8.76. The van der Waals surface area contributed by atoms with Crippen LogP contribution in [0.5, 0.6) is 11.5 Å². The van der Waals surface area contributed by atoms with Gasteiger partial charge >= 0.3 is 0 Å². The van der Waals surface area contributed by atoms with E-state index in [1.54, 1.807) is 0 Å². The van der Waals surface area contributed by atoms with Crippen LogP contribution in [0.4, 0.5) is 0 Å². The van der Waals surface area contributed by atoms with E-state index in [0.717, 1.165) is 28.1 Å². The maximum Gasteiger partial charge on any atom is 0.175 e. The fourth-order valence-corrected chi connectivity index (χ4v) is 3.85. The number of rotatable bonds is 8. The van der Waals surface area contributed by atoms with Gasteiger partial charge in [-0.3, -0.25) is 0 Å². The lowest BCUT2D eigenvalue weighted by Gasteiger charge is -2.17. The van der Waals surface area contributed by atoms with Crippen molar-refractivity contribution in [2.45, 2.75) is 51.8 Å². The van der Waals surface area contributed by atoms with Crippen LogP contribution in [-0.2, 0) is 13.2 Å². The predicted molar refractivity (Wildman–Crippen MR) is 105 cm³/mol. The molecule has 0 saturated heterocycles. The summed E-state index contributed by atoms with van der Waals surface area (Å²) < 4.78 is 12.8. The molecule has 1 aliphatic carbocycles. The van der Waals surface area contributed by atoms with E-state index >= 15 is 0 Å². The average Bonchev–Trinajstić information content (AvgIpc) is 3.14. The van der Waals surface area contributed by atoms with Crippen LogP contribution in [0.3, 0.4) is 0 Å². The van der Waals surface area contributed by atoms with Gasteiger partial charge in [-0.15, -0.1) is 0 Å². The van der Waals surface area contributed by atoms with E-state index in [9.17, 15) is 0 Å². The third-order valence-corrected chi connectivity index (χ3v) is 5.13. The second-order valence-corrected chi connectivity index (χ2v) is 7.33. The predicted octanol–water partition coefficient (Wildman–Crippen LogP) is 2.46. The molecule has 1 fully saturated rings. The molecule has 0 spiro atoms. The van der Waals surface area contributed by atoms with Crippen molar-refractivity contribution in [1.82, 2.24) is 5.32 Å². The number of ether oxygens (including phenoxy) is 2. The van der Waals surface area contributed by atoms with E-state index in [1.807, 2.05) is 25.1 Å². The molecule has 1 N–H and O–H groups in total. The summed E-state index contributed by atoms with van der Waals surface area (Å²) in [4.78, 5) is 0. The number of halogens is 2. The maximum absolute atomic E-state index is 6.05. The van der Waals surface area contributed by atoms with E-state index in [4.69, 9.17) is 9.47 Å². The third kappa shape index (κ3) is 5.90. The fourth-order valence-electron chi connectivity index (χ4n) is 3.25. The summed E-state index contributed by atoms with van der Waals surface area (Å²) in [6, 6.07) is 15.1. The Hall–Kier alpha value is -1.23. The molecule has 0 radical (unpaired) electrons. The molecule has 5 heteroatoms. The van der Waals surface area contributed by atoms with Gasteiger partial charge in [-0.25, -0.2) is 0 Å². The smallest absolute Gasteiger partial charge is 0.175 e. The molecule has 0 unspecified atom stereocenters. The van der Waals surface area contributed by atoms with Crippen molar-refractivity contribution < 1.29 is 21.9 Å². The lowest BCUT2D eigenvalue weighted by Crippen LogP contribution is -3.00. The Balaban J connectivity index is 0.00000243. The minimum atomic E-state index is 0. The molecule has 0 atom stereocenters. The molecule has 2 aromatic rings. The quantitative estimate of drug-likeness (QED) is 0.685. The highest BCUT2D eigenvalue weighted by Gasteiger charge is 2.16. The second kappa shape index (κ2) is 10.8. The van der Waals surface area contributed by atoms with Crippen LogP contribution < -0.4 is 27.2 Å². The Labute approximate surface area is 171 Å². The first kappa shape index (κ1) is 21.1. The van der Waals surface area contributed by atoms with Gasteiger partial charge in [0.25, 0.3) is 0 Å². The highest BCUT2D eigenvalue weighted by molar-refractivity contribution is 9.10. The summed E-state index contributed by atoms with van der Waals surface area (Å²) in [5, 5.41) is 3.65. The fraction of sp³-hybridized carbons (Fsp3) is 0.429. The third-order valence-electron chi connectivity index (χ3n) is 4.55. The SMILES string of the molecule is CCOc1cc(CNC2CCCC2)cc(Br)c1OCc1ccccc1.[Cl-]. The Morgan fingerprint density at radius 3 is 2.46 bits per heavy atom. The lowest BCUT2D eigenvalue weighted by atomic mass is 10.1. The van der Waals surface area contributed by atoms with E-state index in [0.29, 0.717) is 19.3 Å². The highest BCUT2D eigenvalue weighted by atomic mass is 79.9. The van der Waals surface area contributed by atoms with Crippen molar-refractivity contribution >= 4 is 15.9 Å². The summed E-state index contributed by atoms with van der Waals surface area (Å²) in [7, 11) is 0. The first-order chi connectivity index (χ1) is 12.3. The van der Waals surface area contributed by atoms with Gasteiger partial charge in [0.15, 0.2) is 11.5 Å². The molecule has 0 heterocycles. The van der Waals surface area contributed by atoms with Crippen molar-refractivity contribution in [2.75, 3.05) is 6.61 Å². The van der Waals surface area contributed by atoms with Gasteiger partial charge in [-0.05, 0) is 59.0 Å². The Morgan fingerprint density at radius 2 is 1.77 bits per heavy atom. The van der Waals surface area contributed by atoms with Crippen molar-refractivity contribution in [3.63, 3.8) is 0 Å². The number of benzene rings is 2. The van der Waals surface area contributed by atoms with Crippen LogP contribution >= 0.6 is 15.9 Å². The van der Waals surface area contributed by atoms with E-state index < -0.39 is 0 Å². The molecule has 0 aliphatic heterocycles. The van der Waals surface area contributed by atoms with Gasteiger partial charge in [-0.2, -0.15) is 0 Å². The first-order valence-electron chi connectivity index (χ1n) is 9.11. The lowest BCUT2D eigenvalue weighted by molar-refractivity contribution is -0.00000584. The summed E-state index contributed by atoms with van der Waals surface area (Å²) in [5.41, 5.74) is 2.36. The molecule has 142 valence electrons. The maximum atomic E-state index is 6.05. The summed E-state index contributed by atoms with van der Waals surface area (Å²) >= 11 is 3.66. The number of nitrogens with one attached hydrogen (secondary N) is 1. The average molecular weight is 440 g/mol. The van der Waals surface area contributed by atoms with Crippen LogP contribution in [0, 0.1) is 0 Å². The summed E-state index contributed by atoms with van der Waals surface area (Å²) in [5.74, 6) is 1.58. The Morgan fingerprint density at radius 1 is 1.04 bits per heavy atom. The highest BCUT2D eigenvalue weighted by Crippen LogP contribution is 2.37. The van der Waals surface area contributed by atoms with Crippen LogP contribution in [-0.4, -0.2) is 12.6 Å². The van der Waals surface area contributed by atoms with E-state index in [2.05, 4.69) is 45.5 Å². The van der Waals surface area contributed by atoms with Gasteiger partial charge in [0, 0.05) is 12.6 Å². The molecule has 1 aliphatic rings. The Bertz CT molecular complexity index is 675. The van der Waals surface area contributed by atoms with E-state index in [-0.39, 0.29) is 12.4 Å². The minimum absolute atomic E-state index is 0. The zero-order valence-electron chi connectivity index (χ0n) is 15.1. The van der Waals surface area contributed by atoms with Gasteiger partial charge in [-0.1, -0.05) is 43.2 Å². The summed E-state index contributed by atoms with van der Waals surface area (Å²) in [6.45, 7) is 4.01. The molecule has 0 aromatic heterocycles. The van der Waals surface area contributed by atoms with Crippen LogP contribution in [0.15, 0.2) is 46.9 Å². The van der Waals surface area contributed by atoms with Gasteiger partial charge in [0.05, 0.1) is 11.1 Å². The zero-order valence-corrected chi connectivity index (χ0v) is 17.5. The second-order valence-electron chi connectivity index (χ2n) is 6.47. The molecule has 2 aromatic carbocycles. The standard InChI is InChI=1S/C21H26BrNO2.ClH/c1-2-24-20-13-17(14-23-18-10-6-7-11-18)12-19(22)21(20)25-15-16-8-4-3-5-9-16;/h3-5,8-9,12-13,18,23H,2,6-7,10-11,14-15H2,1H3;1H/p-1. The van der Waals surface area contributed by atoms with Crippen molar-refractivity contribution in [2.24, 2.45) is 0 Å². The van der Waals surface area contributed by atoms with Crippen molar-refractivity contribution in [1.29, 1.82) is 0 Å². The van der Waals surface area contributed by atoms with E-state index in [1.165, 1.54) is 31.2 Å². The molecule has 1 saturated carbocycles. The molecule has 0 amide bonds. The topological polar surface area (TPSA) is 30.5 Å².